The molecule has 69 heavy (non-hydrogen) atoms. The van der Waals surface area contributed by atoms with Crippen LogP contribution in [0.4, 0.5) is 39.5 Å². The molecule has 4 aliphatic rings. The molecular formula is C45H67F9O15. The number of carbonyl (C=O) groups is 7. The van der Waals surface area contributed by atoms with Crippen LogP contribution in [-0.4, -0.2) is 113 Å². The molecule has 24 heteroatoms. The van der Waals surface area contributed by atoms with Gasteiger partial charge >= 0.3 is 60.3 Å². The maximum atomic E-state index is 12.9. The topological polar surface area (TPSA) is 204 Å². The number of methoxy groups -OCH3 is 1. The van der Waals surface area contributed by atoms with Gasteiger partial charge in [-0.25, -0.2) is 14.4 Å². The van der Waals surface area contributed by atoms with Crippen LogP contribution in [0.3, 0.4) is 0 Å². The van der Waals surface area contributed by atoms with E-state index in [9.17, 15) is 78.2 Å². The molecule has 4 atom stereocenters. The van der Waals surface area contributed by atoms with E-state index in [1.807, 2.05) is 13.8 Å². The van der Waals surface area contributed by atoms with Gasteiger partial charge in [0.05, 0.1) is 23.4 Å². The molecule has 0 aromatic carbocycles. The van der Waals surface area contributed by atoms with Crippen molar-refractivity contribution < 1.29 is 111 Å². The maximum Gasteiger partial charge on any atom is 0.490 e. The van der Waals surface area contributed by atoms with Crippen molar-refractivity contribution in [3.8, 4) is 0 Å². The molecule has 0 radical (unpaired) electrons. The smallest absolute Gasteiger partial charge is 0.466 e. The zero-order valence-corrected chi connectivity index (χ0v) is 41.7. The van der Waals surface area contributed by atoms with E-state index >= 15 is 0 Å². The van der Waals surface area contributed by atoms with E-state index in [2.05, 4.69) is 9.47 Å². The highest BCUT2D eigenvalue weighted by Gasteiger charge is 2.79. The van der Waals surface area contributed by atoms with E-state index in [1.165, 1.54) is 48.7 Å². The summed E-state index contributed by atoms with van der Waals surface area (Å²) >= 11 is 0. The molecule has 4 unspecified atom stereocenters. The number of halogens is 9. The van der Waals surface area contributed by atoms with Gasteiger partial charge in [-0.3, -0.25) is 19.2 Å². The molecule has 4 bridgehead atoms. The minimum absolute atomic E-state index is 0.0195. The Morgan fingerprint density at radius 2 is 0.899 bits per heavy atom. The second-order valence-electron chi connectivity index (χ2n) is 20.8. The summed E-state index contributed by atoms with van der Waals surface area (Å²) in [5.74, 6) is -6.70. The number of esters is 7. The van der Waals surface area contributed by atoms with Crippen LogP contribution >= 0.6 is 0 Å². The number of alkyl halides is 9. The Morgan fingerprint density at radius 3 is 1.25 bits per heavy atom. The van der Waals surface area contributed by atoms with Gasteiger partial charge < -0.3 is 38.3 Å². The van der Waals surface area contributed by atoms with Crippen LogP contribution in [-0.2, 0) is 66.7 Å². The van der Waals surface area contributed by atoms with E-state index in [0.717, 1.165) is 0 Å². The van der Waals surface area contributed by atoms with Crippen LogP contribution in [0.25, 0.3) is 0 Å². The third-order valence-electron chi connectivity index (χ3n) is 12.8. The summed E-state index contributed by atoms with van der Waals surface area (Å²) in [5.41, 5.74) is -16.2. The van der Waals surface area contributed by atoms with Crippen molar-refractivity contribution in [2.45, 2.75) is 207 Å². The Bertz CT molecular complexity index is 1890. The highest BCUT2D eigenvalue weighted by Crippen LogP contribution is 2.63. The second kappa shape index (κ2) is 21.1. The molecule has 4 rings (SSSR count). The first-order valence-electron chi connectivity index (χ1n) is 21.9. The highest BCUT2D eigenvalue weighted by atomic mass is 19.4. The Kier molecular flexibility index (Phi) is 19.2. The summed E-state index contributed by atoms with van der Waals surface area (Å²) in [5, 5.41) is 9.27. The molecule has 0 amide bonds. The average Bonchev–Trinajstić information content (AvgIpc) is 3.16. The molecule has 15 nitrogen and oxygen atoms in total. The molecule has 4 aliphatic carbocycles. The Hall–Kier alpha value is -4.38. The zero-order valence-electron chi connectivity index (χ0n) is 41.7. The Labute approximate surface area is 395 Å². The third kappa shape index (κ3) is 15.1. The summed E-state index contributed by atoms with van der Waals surface area (Å²) in [7, 11) is 1.20. The predicted octanol–water partition coefficient (Wildman–Crippen LogP) is 8.91. The first-order chi connectivity index (χ1) is 30.6. The molecule has 0 saturated heterocycles. The van der Waals surface area contributed by atoms with Gasteiger partial charge in [-0.1, -0.05) is 20.8 Å². The maximum absolute atomic E-state index is 12.9. The van der Waals surface area contributed by atoms with Crippen LogP contribution in [0.2, 0.25) is 0 Å². The Morgan fingerprint density at radius 1 is 0.536 bits per heavy atom. The molecule has 0 heterocycles. The quantitative estimate of drug-likeness (QED) is 0.0924. The average molecular weight is 1020 g/mol. The van der Waals surface area contributed by atoms with Gasteiger partial charge in [0.25, 0.3) is 5.60 Å². The van der Waals surface area contributed by atoms with Crippen molar-refractivity contribution in [1.29, 1.82) is 0 Å². The fourth-order valence-electron chi connectivity index (χ4n) is 8.05. The predicted molar refractivity (Wildman–Crippen MR) is 222 cm³/mol. The first-order valence-corrected chi connectivity index (χ1v) is 21.9. The SMILES string of the molecule is CCC(C)(C)C(=O)OC(C)(C)C(O)(C(F)(F)F)C(F)(F)F.CCC(C)(C)C(=O)OC12CC3CC(OC(C)=O)(CC(OC(=O)C(F)(F)F)(C3)C1)C2.CCC(C)(C)C(=O)OCC(=O)OC(C)(C)C(=O)OC. The van der Waals surface area contributed by atoms with Crippen LogP contribution < -0.4 is 0 Å². The molecule has 400 valence electrons. The highest BCUT2D eigenvalue weighted by molar-refractivity contribution is 5.84. The third-order valence-corrected chi connectivity index (χ3v) is 12.8. The minimum atomic E-state index is -6.06. The number of ether oxygens (including phenoxy) is 7. The monoisotopic (exact) mass is 1020 g/mol. The summed E-state index contributed by atoms with van der Waals surface area (Å²) in [6.45, 7) is 19.0. The lowest BCUT2D eigenvalue weighted by Gasteiger charge is -2.63. The lowest BCUT2D eigenvalue weighted by molar-refractivity contribution is -0.408. The fourth-order valence-corrected chi connectivity index (χ4v) is 8.05. The number of carbonyl (C=O) groups excluding carboxylic acids is 7. The van der Waals surface area contributed by atoms with Gasteiger partial charge in [0.1, 0.15) is 16.8 Å². The molecule has 4 fully saturated rings. The summed E-state index contributed by atoms with van der Waals surface area (Å²) in [4.78, 5) is 82.3. The largest absolute Gasteiger partial charge is 0.490 e. The van der Waals surface area contributed by atoms with Gasteiger partial charge in [0.2, 0.25) is 5.60 Å². The molecule has 0 aromatic rings. The molecule has 0 spiro atoms. The standard InChI is InChI=1S/C20H27F3O6.C13H22O6.C12H18F6O3/c1-5-16(3,4)14(25)28-18-7-13-6-17(9-18,27-12(2)24)10-19(8-13,11-18)29-15(26)20(21,22)23;1-7-12(2,3)10(15)18-8-9(14)19-13(4,5)11(16)17-6;1-6-8(2,3)7(19)21-9(4,5)10(20,11(13,14)15)12(16,17)18/h13H,5-11H2,1-4H3;7-8H2,1-6H3;20H,6H2,1-5H3. The molecular weight excluding hydrogens is 951 g/mol. The summed E-state index contributed by atoms with van der Waals surface area (Å²) in [6.07, 6.45) is -14.7. The van der Waals surface area contributed by atoms with Gasteiger partial charge in [-0.05, 0) is 114 Å². The molecule has 0 aliphatic heterocycles. The summed E-state index contributed by atoms with van der Waals surface area (Å²) in [6, 6.07) is 0. The van der Waals surface area contributed by atoms with Crippen molar-refractivity contribution in [3.05, 3.63) is 0 Å². The number of rotatable bonds is 15. The van der Waals surface area contributed by atoms with Crippen LogP contribution in [0.1, 0.15) is 155 Å². The van der Waals surface area contributed by atoms with Gasteiger partial charge in [0, 0.05) is 26.2 Å². The van der Waals surface area contributed by atoms with Crippen LogP contribution in [0.15, 0.2) is 0 Å². The molecule has 4 saturated carbocycles. The number of hydrogen-bond donors (Lipinski definition) is 1. The lowest BCUT2D eigenvalue weighted by atomic mass is 9.50. The van der Waals surface area contributed by atoms with E-state index in [0.29, 0.717) is 39.5 Å². The van der Waals surface area contributed by atoms with Crippen LogP contribution in [0.5, 0.6) is 0 Å². The van der Waals surface area contributed by atoms with E-state index < -0.39 is 117 Å². The second-order valence-corrected chi connectivity index (χ2v) is 20.8. The van der Waals surface area contributed by atoms with Crippen molar-refractivity contribution in [2.24, 2.45) is 22.2 Å². The van der Waals surface area contributed by atoms with Gasteiger partial charge in [-0.15, -0.1) is 0 Å². The number of hydrogen-bond acceptors (Lipinski definition) is 15. The van der Waals surface area contributed by atoms with E-state index in [1.54, 1.807) is 27.7 Å². The lowest BCUT2D eigenvalue weighted by Crippen LogP contribution is -2.70. The number of aliphatic hydroxyl groups is 1. The van der Waals surface area contributed by atoms with Crippen molar-refractivity contribution in [1.82, 2.24) is 0 Å². The van der Waals surface area contributed by atoms with Crippen LogP contribution in [0, 0.1) is 22.2 Å². The normalized spacial score (nSPS) is 22.9. The summed E-state index contributed by atoms with van der Waals surface area (Å²) < 4.78 is 150. The van der Waals surface area contributed by atoms with Crippen molar-refractivity contribution >= 4 is 41.8 Å². The van der Waals surface area contributed by atoms with Crippen molar-refractivity contribution in [2.75, 3.05) is 13.7 Å². The fraction of sp³-hybridized carbons (Fsp3) is 0.844. The first kappa shape index (κ1) is 62.6. The van der Waals surface area contributed by atoms with E-state index in [4.69, 9.17) is 23.7 Å². The van der Waals surface area contributed by atoms with Crippen molar-refractivity contribution in [3.63, 3.8) is 0 Å². The van der Waals surface area contributed by atoms with Gasteiger partial charge in [-0.2, -0.15) is 39.5 Å². The van der Waals surface area contributed by atoms with Gasteiger partial charge in [0.15, 0.2) is 12.2 Å². The van der Waals surface area contributed by atoms with E-state index in [-0.39, 0.29) is 38.0 Å². The zero-order chi connectivity index (χ0) is 54.6. The molecule has 0 aromatic heterocycles. The minimum Gasteiger partial charge on any atom is -0.466 e. The Balaban J connectivity index is 0.000000535. The molecule has 1 N–H and O–H groups in total.